The van der Waals surface area contributed by atoms with Crippen molar-refractivity contribution in [1.82, 2.24) is 5.32 Å². The Bertz CT molecular complexity index is 437. The second-order valence-electron chi connectivity index (χ2n) is 4.29. The van der Waals surface area contributed by atoms with Crippen LogP contribution in [0.15, 0.2) is 22.7 Å². The average molecular weight is 319 g/mol. The molecule has 0 aliphatic rings. The zero-order chi connectivity index (χ0) is 13.8. The Labute approximate surface area is 113 Å². The number of hydrogen-bond acceptors (Lipinski definition) is 5. The molecule has 18 heavy (non-hydrogen) atoms. The van der Waals surface area contributed by atoms with Gasteiger partial charge in [0.2, 0.25) is 0 Å². The lowest BCUT2D eigenvalue weighted by molar-refractivity contribution is -0.385. The van der Waals surface area contributed by atoms with Crippen molar-refractivity contribution in [2.24, 2.45) is 0 Å². The number of nitro groups is 1. The molecule has 0 amide bonds. The van der Waals surface area contributed by atoms with Crippen LogP contribution in [0, 0.1) is 10.1 Å². The Morgan fingerprint density at radius 3 is 2.78 bits per heavy atom. The molecule has 0 spiro atoms. The lowest BCUT2D eigenvalue weighted by Crippen LogP contribution is -2.40. The van der Waals surface area contributed by atoms with Crippen LogP contribution < -0.4 is 5.32 Å². The number of aliphatic hydroxyl groups is 2. The van der Waals surface area contributed by atoms with Crippen molar-refractivity contribution in [2.45, 2.75) is 19.1 Å². The van der Waals surface area contributed by atoms with E-state index in [2.05, 4.69) is 21.2 Å². The maximum absolute atomic E-state index is 10.8. The number of hydrogen-bond donors (Lipinski definition) is 3. The molecule has 3 N–H and O–H groups in total. The van der Waals surface area contributed by atoms with Crippen LogP contribution in [0.4, 0.5) is 5.69 Å². The van der Waals surface area contributed by atoms with Gasteiger partial charge in [0.25, 0.3) is 5.69 Å². The maximum atomic E-state index is 10.8. The van der Waals surface area contributed by atoms with Crippen LogP contribution in [0.1, 0.15) is 12.5 Å². The molecule has 0 aliphatic carbocycles. The van der Waals surface area contributed by atoms with E-state index in [1.807, 2.05) is 0 Å². The van der Waals surface area contributed by atoms with Crippen LogP contribution in [0.25, 0.3) is 0 Å². The smallest absolute Gasteiger partial charge is 0.273 e. The highest BCUT2D eigenvalue weighted by Crippen LogP contribution is 2.22. The van der Waals surface area contributed by atoms with Gasteiger partial charge in [-0.05, 0) is 19.1 Å². The van der Waals surface area contributed by atoms with Gasteiger partial charge in [-0.25, -0.2) is 0 Å². The van der Waals surface area contributed by atoms with Crippen LogP contribution in [-0.2, 0) is 6.54 Å². The summed E-state index contributed by atoms with van der Waals surface area (Å²) >= 11 is 3.25. The minimum absolute atomic E-state index is 0.0225. The predicted octanol–water partition coefficient (Wildman–Crippen LogP) is 1.19. The second kappa shape index (κ2) is 6.24. The van der Waals surface area contributed by atoms with E-state index in [1.54, 1.807) is 12.1 Å². The van der Waals surface area contributed by atoms with E-state index in [9.17, 15) is 15.2 Å². The minimum Gasteiger partial charge on any atom is -0.393 e. The summed E-state index contributed by atoms with van der Waals surface area (Å²) < 4.78 is 0.749. The van der Waals surface area contributed by atoms with Crippen molar-refractivity contribution < 1.29 is 15.1 Å². The summed E-state index contributed by atoms with van der Waals surface area (Å²) in [7, 11) is 0. The summed E-state index contributed by atoms with van der Waals surface area (Å²) in [5.74, 6) is 0. The van der Waals surface area contributed by atoms with E-state index in [4.69, 9.17) is 5.11 Å². The summed E-state index contributed by atoms with van der Waals surface area (Å²) in [6.45, 7) is 1.50. The summed E-state index contributed by atoms with van der Waals surface area (Å²) in [5, 5.41) is 32.2. The first kappa shape index (κ1) is 15.0. The first-order valence-corrected chi connectivity index (χ1v) is 6.12. The fourth-order valence-electron chi connectivity index (χ4n) is 1.40. The zero-order valence-electron chi connectivity index (χ0n) is 9.89. The van der Waals surface area contributed by atoms with Gasteiger partial charge in [-0.15, -0.1) is 0 Å². The van der Waals surface area contributed by atoms with Crippen LogP contribution in [0.3, 0.4) is 0 Å². The van der Waals surface area contributed by atoms with Gasteiger partial charge in [0, 0.05) is 29.2 Å². The number of rotatable bonds is 6. The van der Waals surface area contributed by atoms with Crippen molar-refractivity contribution in [3.63, 3.8) is 0 Å². The molecule has 100 valence electrons. The normalized spacial score (nSPS) is 14.2. The summed E-state index contributed by atoms with van der Waals surface area (Å²) in [6.07, 6.45) is 0. The molecule has 0 heterocycles. The number of halogens is 1. The van der Waals surface area contributed by atoms with Gasteiger partial charge in [0.05, 0.1) is 17.1 Å². The lowest BCUT2D eigenvalue weighted by atomic mass is 10.1. The van der Waals surface area contributed by atoms with Crippen molar-refractivity contribution >= 4 is 21.6 Å². The number of nitrogens with zero attached hydrogens (tertiary/aromatic N) is 1. The molecule has 6 nitrogen and oxygen atoms in total. The van der Waals surface area contributed by atoms with Crippen LogP contribution in [-0.4, -0.2) is 33.9 Å². The third-order valence-electron chi connectivity index (χ3n) is 2.40. The Morgan fingerprint density at radius 2 is 2.22 bits per heavy atom. The first-order chi connectivity index (χ1) is 8.35. The molecule has 1 unspecified atom stereocenters. The first-order valence-electron chi connectivity index (χ1n) is 5.32. The van der Waals surface area contributed by atoms with Crippen LogP contribution >= 0.6 is 15.9 Å². The van der Waals surface area contributed by atoms with Gasteiger partial charge >= 0.3 is 0 Å². The highest BCUT2D eigenvalue weighted by molar-refractivity contribution is 9.10. The Balaban J connectivity index is 2.72. The summed E-state index contributed by atoms with van der Waals surface area (Å²) in [5.41, 5.74) is -0.696. The Kier molecular flexibility index (Phi) is 5.21. The summed E-state index contributed by atoms with van der Waals surface area (Å²) in [6, 6.07) is 4.68. The van der Waals surface area contributed by atoms with Crippen molar-refractivity contribution in [1.29, 1.82) is 0 Å². The molecular formula is C11H15BrN2O4. The Morgan fingerprint density at radius 1 is 1.56 bits per heavy atom. The van der Waals surface area contributed by atoms with Gasteiger partial charge < -0.3 is 15.5 Å². The molecule has 1 aromatic carbocycles. The molecule has 1 atom stereocenters. The van der Waals surface area contributed by atoms with Gasteiger partial charge in [-0.3, -0.25) is 10.1 Å². The van der Waals surface area contributed by atoms with E-state index >= 15 is 0 Å². The molecular weight excluding hydrogens is 304 g/mol. The highest BCUT2D eigenvalue weighted by atomic mass is 79.9. The average Bonchev–Trinajstić information content (AvgIpc) is 2.28. The topological polar surface area (TPSA) is 95.6 Å². The van der Waals surface area contributed by atoms with E-state index in [0.29, 0.717) is 5.56 Å². The predicted molar refractivity (Wildman–Crippen MR) is 70.2 cm³/mol. The standard InChI is InChI=1S/C11H15BrN2O4/c1-11(16,7-15)6-13-5-8-4-9(12)2-3-10(8)14(17)18/h2-4,13,15-16H,5-7H2,1H3. The largest absolute Gasteiger partial charge is 0.393 e. The molecule has 0 radical (unpaired) electrons. The SMILES string of the molecule is CC(O)(CO)CNCc1cc(Br)ccc1[N+](=O)[O-]. The van der Waals surface area contributed by atoms with E-state index in [0.717, 1.165) is 4.47 Å². The number of nitrogens with one attached hydrogen (secondary N) is 1. The maximum Gasteiger partial charge on any atom is 0.273 e. The van der Waals surface area contributed by atoms with Gasteiger partial charge in [-0.2, -0.15) is 0 Å². The zero-order valence-corrected chi connectivity index (χ0v) is 11.5. The molecule has 0 bridgehead atoms. The third-order valence-corrected chi connectivity index (χ3v) is 2.89. The van der Waals surface area contributed by atoms with Gasteiger partial charge in [0.1, 0.15) is 0 Å². The fraction of sp³-hybridized carbons (Fsp3) is 0.455. The number of aliphatic hydroxyl groups excluding tert-OH is 1. The van der Waals surface area contributed by atoms with Crippen molar-refractivity contribution in [2.75, 3.05) is 13.2 Å². The molecule has 0 aliphatic heterocycles. The quantitative estimate of drug-likeness (QED) is 0.541. The van der Waals surface area contributed by atoms with E-state index in [1.165, 1.54) is 13.0 Å². The van der Waals surface area contributed by atoms with Crippen LogP contribution in [0.2, 0.25) is 0 Å². The van der Waals surface area contributed by atoms with E-state index < -0.39 is 10.5 Å². The molecule has 0 saturated carbocycles. The number of nitro benzene ring substituents is 1. The van der Waals surface area contributed by atoms with Gasteiger partial charge in [-0.1, -0.05) is 15.9 Å². The Hall–Kier alpha value is -1.02. The van der Waals surface area contributed by atoms with Crippen molar-refractivity contribution in [3.8, 4) is 0 Å². The van der Waals surface area contributed by atoms with Crippen molar-refractivity contribution in [3.05, 3.63) is 38.3 Å². The fourth-order valence-corrected chi connectivity index (χ4v) is 1.80. The lowest BCUT2D eigenvalue weighted by Gasteiger charge is -2.20. The molecule has 0 aromatic heterocycles. The summed E-state index contributed by atoms with van der Waals surface area (Å²) in [4.78, 5) is 10.4. The second-order valence-corrected chi connectivity index (χ2v) is 5.20. The molecule has 0 saturated heterocycles. The molecule has 1 aromatic rings. The van der Waals surface area contributed by atoms with E-state index in [-0.39, 0.29) is 25.4 Å². The molecule has 0 fully saturated rings. The highest BCUT2D eigenvalue weighted by Gasteiger charge is 2.19. The minimum atomic E-state index is -1.24. The monoisotopic (exact) mass is 318 g/mol. The third kappa shape index (κ3) is 4.34. The molecule has 7 heteroatoms. The van der Waals surface area contributed by atoms with Crippen LogP contribution in [0.5, 0.6) is 0 Å². The number of benzene rings is 1. The van der Waals surface area contributed by atoms with Gasteiger partial charge in [0.15, 0.2) is 0 Å². The molecule has 1 rings (SSSR count).